The Morgan fingerprint density at radius 3 is 2.44 bits per heavy atom. The Bertz CT molecular complexity index is 739. The van der Waals surface area contributed by atoms with Gasteiger partial charge in [0.25, 0.3) is 0 Å². The lowest BCUT2D eigenvalue weighted by Crippen LogP contribution is -2.42. The van der Waals surface area contributed by atoms with Crippen LogP contribution in [0.4, 0.5) is 0 Å². The number of benzene rings is 1. The quantitative estimate of drug-likeness (QED) is 0.583. The van der Waals surface area contributed by atoms with E-state index in [-0.39, 0.29) is 18.2 Å². The van der Waals surface area contributed by atoms with E-state index >= 15 is 0 Å². The van der Waals surface area contributed by atoms with Crippen molar-refractivity contribution in [3.63, 3.8) is 0 Å². The third-order valence-corrected chi connectivity index (χ3v) is 5.92. The van der Waals surface area contributed by atoms with Crippen LogP contribution < -0.4 is 10.1 Å². The molecule has 0 fully saturated rings. The molecule has 0 unspecified atom stereocenters. The number of thiocarbonyl (C=S) groups is 1. The number of nitrogens with zero attached hydrogens (tertiary/aromatic N) is 1. The van der Waals surface area contributed by atoms with Gasteiger partial charge in [-0.3, -0.25) is 4.90 Å². The molecule has 0 amide bonds. The molecule has 0 saturated heterocycles. The summed E-state index contributed by atoms with van der Waals surface area (Å²) in [5.41, 5.74) is 1.00. The standard InChI is InChI=1S/C20H28N2O2S2.ClH/c1-13(2)22(14(3)4)11-10-21-20(25)19-9-8-18(26-19)15-6-7-16(23)17(12-15)24-5;/h6-9,12-14,23H,10-11H2,1-5H3,(H,21,25);1H. The minimum Gasteiger partial charge on any atom is -0.504 e. The molecule has 2 rings (SSSR count). The van der Waals surface area contributed by atoms with Crippen LogP contribution >= 0.6 is 36.0 Å². The van der Waals surface area contributed by atoms with E-state index in [0.717, 1.165) is 33.4 Å². The summed E-state index contributed by atoms with van der Waals surface area (Å²) in [6.07, 6.45) is 0. The molecule has 2 N–H and O–H groups in total. The number of ether oxygens (including phenoxy) is 1. The van der Waals surface area contributed by atoms with Crippen molar-refractivity contribution in [1.82, 2.24) is 10.2 Å². The molecule has 0 aliphatic heterocycles. The van der Waals surface area contributed by atoms with Crippen LogP contribution in [0.1, 0.15) is 32.6 Å². The second kappa shape index (κ2) is 10.9. The first-order valence-electron chi connectivity index (χ1n) is 8.84. The minimum atomic E-state index is 0. The molecule has 0 atom stereocenters. The second-order valence-corrected chi connectivity index (χ2v) is 8.22. The van der Waals surface area contributed by atoms with Crippen molar-refractivity contribution < 1.29 is 9.84 Å². The van der Waals surface area contributed by atoms with Crippen molar-refractivity contribution in [1.29, 1.82) is 0 Å². The zero-order chi connectivity index (χ0) is 19.3. The Morgan fingerprint density at radius 1 is 1.19 bits per heavy atom. The average Bonchev–Trinajstić information content (AvgIpc) is 3.08. The van der Waals surface area contributed by atoms with Gasteiger partial charge in [0.15, 0.2) is 11.5 Å². The maximum atomic E-state index is 9.74. The number of rotatable bonds is 8. The molecular formula is C20H29ClN2O2S2. The molecule has 27 heavy (non-hydrogen) atoms. The first-order valence-corrected chi connectivity index (χ1v) is 10.1. The first kappa shape index (κ1) is 23.7. The lowest BCUT2D eigenvalue weighted by Gasteiger charge is -2.30. The highest BCUT2D eigenvalue weighted by molar-refractivity contribution is 7.81. The van der Waals surface area contributed by atoms with E-state index in [1.807, 2.05) is 24.3 Å². The van der Waals surface area contributed by atoms with Crippen LogP contribution in [0.15, 0.2) is 30.3 Å². The molecule has 1 aromatic heterocycles. The van der Waals surface area contributed by atoms with Crippen LogP contribution in [0.2, 0.25) is 0 Å². The summed E-state index contributed by atoms with van der Waals surface area (Å²) in [6.45, 7) is 10.7. The highest BCUT2D eigenvalue weighted by Gasteiger charge is 2.14. The van der Waals surface area contributed by atoms with Crippen molar-refractivity contribution in [3.05, 3.63) is 35.2 Å². The van der Waals surface area contributed by atoms with E-state index in [4.69, 9.17) is 17.0 Å². The number of phenols is 1. The van der Waals surface area contributed by atoms with Crippen LogP contribution in [-0.2, 0) is 0 Å². The lowest BCUT2D eigenvalue weighted by atomic mass is 10.1. The Labute approximate surface area is 178 Å². The van der Waals surface area contributed by atoms with Gasteiger partial charge in [0, 0.05) is 30.1 Å². The fourth-order valence-corrected chi connectivity index (χ4v) is 4.16. The summed E-state index contributed by atoms with van der Waals surface area (Å²) >= 11 is 7.19. The summed E-state index contributed by atoms with van der Waals surface area (Å²) in [5, 5.41) is 13.1. The predicted octanol–water partition coefficient (Wildman–Crippen LogP) is 4.94. The summed E-state index contributed by atoms with van der Waals surface area (Å²) in [6, 6.07) is 10.5. The monoisotopic (exact) mass is 428 g/mol. The maximum Gasteiger partial charge on any atom is 0.161 e. The average molecular weight is 429 g/mol. The maximum absolute atomic E-state index is 9.74. The number of aromatic hydroxyl groups is 1. The largest absolute Gasteiger partial charge is 0.504 e. The Hall–Kier alpha value is -1.34. The number of halogens is 1. The fourth-order valence-electron chi connectivity index (χ4n) is 2.94. The zero-order valence-corrected chi connectivity index (χ0v) is 18.9. The Morgan fingerprint density at radius 2 is 1.85 bits per heavy atom. The molecule has 0 aliphatic carbocycles. The molecule has 0 aliphatic rings. The molecule has 150 valence electrons. The molecule has 1 heterocycles. The van der Waals surface area contributed by atoms with Gasteiger partial charge in [-0.05, 0) is 63.6 Å². The van der Waals surface area contributed by atoms with Gasteiger partial charge in [-0.15, -0.1) is 23.7 Å². The van der Waals surface area contributed by atoms with E-state index in [9.17, 15) is 5.11 Å². The smallest absolute Gasteiger partial charge is 0.161 e. The number of hydrogen-bond acceptors (Lipinski definition) is 5. The summed E-state index contributed by atoms with van der Waals surface area (Å²) < 4.78 is 5.19. The minimum absolute atomic E-state index is 0. The molecule has 4 nitrogen and oxygen atoms in total. The van der Waals surface area contributed by atoms with Crippen LogP contribution in [0.3, 0.4) is 0 Å². The molecule has 0 spiro atoms. The third kappa shape index (κ3) is 6.35. The van der Waals surface area contributed by atoms with Crippen molar-refractivity contribution in [2.45, 2.75) is 39.8 Å². The number of thiophene rings is 1. The topological polar surface area (TPSA) is 44.7 Å². The van der Waals surface area contributed by atoms with E-state index in [1.54, 1.807) is 24.5 Å². The molecule has 2 aromatic rings. The molecular weight excluding hydrogens is 400 g/mol. The highest BCUT2D eigenvalue weighted by atomic mass is 35.5. The summed E-state index contributed by atoms with van der Waals surface area (Å²) in [7, 11) is 1.55. The first-order chi connectivity index (χ1) is 12.3. The highest BCUT2D eigenvalue weighted by Crippen LogP contribution is 2.34. The molecule has 7 heteroatoms. The normalized spacial score (nSPS) is 11.0. The van der Waals surface area contributed by atoms with Crippen molar-refractivity contribution >= 4 is 41.0 Å². The van der Waals surface area contributed by atoms with E-state index in [2.05, 4.69) is 37.9 Å². The van der Waals surface area contributed by atoms with Gasteiger partial charge in [0.1, 0.15) is 4.99 Å². The Kier molecular flexibility index (Phi) is 9.53. The van der Waals surface area contributed by atoms with E-state index in [0.29, 0.717) is 17.8 Å². The lowest BCUT2D eigenvalue weighted by molar-refractivity contribution is 0.178. The molecule has 0 bridgehead atoms. The van der Waals surface area contributed by atoms with Gasteiger partial charge in [0.05, 0.1) is 12.0 Å². The van der Waals surface area contributed by atoms with E-state index < -0.39 is 0 Å². The third-order valence-electron chi connectivity index (χ3n) is 4.28. The SMILES string of the molecule is COc1cc(-c2ccc(C(=S)NCCN(C(C)C)C(C)C)s2)ccc1O.Cl. The van der Waals surface area contributed by atoms with Crippen LogP contribution in [0.5, 0.6) is 11.5 Å². The fraction of sp³-hybridized carbons (Fsp3) is 0.450. The van der Waals surface area contributed by atoms with Gasteiger partial charge >= 0.3 is 0 Å². The van der Waals surface area contributed by atoms with Gasteiger partial charge in [0.2, 0.25) is 0 Å². The molecule has 0 radical (unpaired) electrons. The van der Waals surface area contributed by atoms with Crippen LogP contribution in [0, 0.1) is 0 Å². The number of phenolic OH excluding ortho intramolecular Hbond substituents is 1. The van der Waals surface area contributed by atoms with E-state index in [1.165, 1.54) is 0 Å². The van der Waals surface area contributed by atoms with Crippen LogP contribution in [-0.4, -0.2) is 47.3 Å². The van der Waals surface area contributed by atoms with Crippen molar-refractivity contribution in [3.8, 4) is 21.9 Å². The van der Waals surface area contributed by atoms with Crippen molar-refractivity contribution in [2.24, 2.45) is 0 Å². The molecule has 1 aromatic carbocycles. The van der Waals surface area contributed by atoms with Crippen LogP contribution in [0.25, 0.3) is 10.4 Å². The predicted molar refractivity (Wildman–Crippen MR) is 122 cm³/mol. The van der Waals surface area contributed by atoms with Gasteiger partial charge in [-0.25, -0.2) is 0 Å². The Balaban J connectivity index is 0.00000364. The number of hydrogen-bond donors (Lipinski definition) is 2. The van der Waals surface area contributed by atoms with Crippen molar-refractivity contribution in [2.75, 3.05) is 20.2 Å². The molecule has 0 saturated carbocycles. The summed E-state index contributed by atoms with van der Waals surface area (Å²) in [4.78, 5) is 5.36. The zero-order valence-electron chi connectivity index (χ0n) is 16.5. The van der Waals surface area contributed by atoms with Gasteiger partial charge in [-0.1, -0.05) is 12.2 Å². The number of methoxy groups -OCH3 is 1. The summed E-state index contributed by atoms with van der Waals surface area (Å²) in [5.74, 6) is 0.616. The van der Waals surface area contributed by atoms with Gasteiger partial charge < -0.3 is 15.2 Å². The second-order valence-electron chi connectivity index (χ2n) is 6.73. The van der Waals surface area contributed by atoms with Gasteiger partial charge in [-0.2, -0.15) is 0 Å². The number of nitrogens with one attached hydrogen (secondary N) is 1.